The number of carbonyl (C=O) groups excluding carboxylic acids is 1. The topological polar surface area (TPSA) is 68.0 Å². The summed E-state index contributed by atoms with van der Waals surface area (Å²) in [7, 11) is 0. The number of carbonyl (C=O) groups is 1. The fourth-order valence-corrected chi connectivity index (χ4v) is 1.64. The zero-order valence-electron chi connectivity index (χ0n) is 10.2. The van der Waals surface area contributed by atoms with E-state index in [2.05, 4.69) is 31.1 Å². The summed E-state index contributed by atoms with van der Waals surface area (Å²) in [5, 5.41) is 5.28. The first-order valence-electron chi connectivity index (χ1n) is 5.28. The molecule has 0 aliphatic heterocycles. The normalized spacial score (nSPS) is 13.5. The zero-order chi connectivity index (χ0) is 12.3. The van der Waals surface area contributed by atoms with Crippen LogP contribution < -0.4 is 11.1 Å². The van der Waals surface area contributed by atoms with Crippen molar-refractivity contribution in [3.8, 4) is 0 Å². The van der Waals surface area contributed by atoms with Gasteiger partial charge >= 0.3 is 0 Å². The van der Waals surface area contributed by atoms with Crippen LogP contribution in [-0.2, 0) is 11.2 Å². The van der Waals surface area contributed by atoms with Gasteiger partial charge in [-0.15, -0.1) is 11.3 Å². The van der Waals surface area contributed by atoms with Crippen LogP contribution in [0, 0.1) is 5.41 Å². The van der Waals surface area contributed by atoms with Crippen LogP contribution in [0.15, 0.2) is 5.38 Å². The van der Waals surface area contributed by atoms with Gasteiger partial charge in [0.05, 0.1) is 12.1 Å². The monoisotopic (exact) mass is 241 g/mol. The van der Waals surface area contributed by atoms with Crippen molar-refractivity contribution in [2.45, 2.75) is 40.2 Å². The summed E-state index contributed by atoms with van der Waals surface area (Å²) in [5.74, 6) is -0.00674. The number of hydrogen-bond acceptors (Lipinski definition) is 4. The van der Waals surface area contributed by atoms with E-state index in [1.165, 1.54) is 11.3 Å². The average molecular weight is 241 g/mol. The van der Waals surface area contributed by atoms with Gasteiger partial charge in [-0.05, 0) is 12.3 Å². The van der Waals surface area contributed by atoms with E-state index in [-0.39, 0.29) is 17.4 Å². The minimum atomic E-state index is -0.00674. The van der Waals surface area contributed by atoms with Gasteiger partial charge in [0, 0.05) is 11.4 Å². The summed E-state index contributed by atoms with van der Waals surface area (Å²) in [6.07, 6.45) is 0.300. The molecular formula is C11H19N3OS. The number of nitrogens with zero attached hydrogens (tertiary/aromatic N) is 1. The van der Waals surface area contributed by atoms with Crippen molar-refractivity contribution < 1.29 is 4.79 Å². The van der Waals surface area contributed by atoms with E-state index in [0.29, 0.717) is 11.6 Å². The average Bonchev–Trinajstić information content (AvgIpc) is 2.49. The maximum absolute atomic E-state index is 11.7. The van der Waals surface area contributed by atoms with Crippen molar-refractivity contribution in [1.29, 1.82) is 0 Å². The summed E-state index contributed by atoms with van der Waals surface area (Å²) in [4.78, 5) is 15.7. The quantitative estimate of drug-likeness (QED) is 0.848. The Morgan fingerprint density at radius 3 is 2.69 bits per heavy atom. The van der Waals surface area contributed by atoms with E-state index < -0.39 is 0 Å². The predicted octanol–water partition coefficient (Wildman–Crippen LogP) is 1.82. The van der Waals surface area contributed by atoms with Gasteiger partial charge in [0.1, 0.15) is 0 Å². The highest BCUT2D eigenvalue weighted by Gasteiger charge is 2.21. The van der Waals surface area contributed by atoms with E-state index in [0.717, 1.165) is 5.69 Å². The van der Waals surface area contributed by atoms with Crippen LogP contribution in [0.1, 0.15) is 33.4 Å². The Morgan fingerprint density at radius 1 is 1.62 bits per heavy atom. The molecule has 0 bridgehead atoms. The highest BCUT2D eigenvalue weighted by Crippen LogP contribution is 2.18. The zero-order valence-corrected chi connectivity index (χ0v) is 11.0. The molecule has 0 radical (unpaired) electrons. The maximum Gasteiger partial charge on any atom is 0.226 e. The molecular weight excluding hydrogens is 222 g/mol. The Morgan fingerprint density at radius 2 is 2.25 bits per heavy atom. The number of nitrogens with one attached hydrogen (secondary N) is 1. The van der Waals surface area contributed by atoms with Crippen LogP contribution in [0.4, 0.5) is 5.13 Å². The Balaban J connectivity index is 2.48. The lowest BCUT2D eigenvalue weighted by atomic mass is 9.88. The molecule has 0 spiro atoms. The lowest BCUT2D eigenvalue weighted by Gasteiger charge is -2.27. The largest absolute Gasteiger partial charge is 0.375 e. The van der Waals surface area contributed by atoms with Crippen molar-refractivity contribution in [2.75, 3.05) is 5.73 Å². The van der Waals surface area contributed by atoms with E-state index in [4.69, 9.17) is 5.73 Å². The molecule has 1 atom stereocenters. The van der Waals surface area contributed by atoms with Gasteiger partial charge in [0.2, 0.25) is 5.91 Å². The maximum atomic E-state index is 11.7. The van der Waals surface area contributed by atoms with Gasteiger partial charge in [0.25, 0.3) is 0 Å². The predicted molar refractivity (Wildman–Crippen MR) is 67.3 cm³/mol. The highest BCUT2D eigenvalue weighted by molar-refractivity contribution is 7.13. The second-order valence-electron chi connectivity index (χ2n) is 5.01. The molecule has 1 amide bonds. The van der Waals surface area contributed by atoms with Crippen LogP contribution >= 0.6 is 11.3 Å². The van der Waals surface area contributed by atoms with Gasteiger partial charge in [-0.3, -0.25) is 4.79 Å². The molecule has 1 aromatic rings. The van der Waals surface area contributed by atoms with E-state index in [1.54, 1.807) is 0 Å². The lowest BCUT2D eigenvalue weighted by Crippen LogP contribution is -2.42. The summed E-state index contributed by atoms with van der Waals surface area (Å²) in [6, 6.07) is 0.135. The fourth-order valence-electron chi connectivity index (χ4n) is 1.08. The summed E-state index contributed by atoms with van der Waals surface area (Å²) >= 11 is 1.36. The van der Waals surface area contributed by atoms with Gasteiger partial charge in [-0.1, -0.05) is 20.8 Å². The van der Waals surface area contributed by atoms with Crippen LogP contribution in [-0.4, -0.2) is 16.9 Å². The van der Waals surface area contributed by atoms with Gasteiger partial charge < -0.3 is 11.1 Å². The Hall–Kier alpha value is -1.10. The van der Waals surface area contributed by atoms with Crippen molar-refractivity contribution in [1.82, 2.24) is 10.3 Å². The van der Waals surface area contributed by atoms with Gasteiger partial charge in [0.15, 0.2) is 5.13 Å². The van der Waals surface area contributed by atoms with Crippen molar-refractivity contribution in [3.05, 3.63) is 11.1 Å². The van der Waals surface area contributed by atoms with E-state index >= 15 is 0 Å². The molecule has 4 nitrogen and oxygen atoms in total. The molecule has 0 saturated heterocycles. The van der Waals surface area contributed by atoms with Crippen LogP contribution in [0.5, 0.6) is 0 Å². The number of amides is 1. The molecule has 1 rings (SSSR count). The third-order valence-electron chi connectivity index (χ3n) is 2.59. The summed E-state index contributed by atoms with van der Waals surface area (Å²) < 4.78 is 0. The third kappa shape index (κ3) is 3.81. The number of hydrogen-bond donors (Lipinski definition) is 2. The number of thiazole rings is 1. The molecule has 0 aliphatic carbocycles. The smallest absolute Gasteiger partial charge is 0.226 e. The fraction of sp³-hybridized carbons (Fsp3) is 0.636. The second-order valence-corrected chi connectivity index (χ2v) is 5.90. The lowest BCUT2D eigenvalue weighted by molar-refractivity contribution is -0.121. The Bertz CT molecular complexity index is 368. The van der Waals surface area contributed by atoms with E-state index in [1.807, 2.05) is 12.3 Å². The van der Waals surface area contributed by atoms with Crippen LogP contribution in [0.2, 0.25) is 0 Å². The summed E-state index contributed by atoms with van der Waals surface area (Å²) in [5.41, 5.74) is 6.30. The van der Waals surface area contributed by atoms with Crippen molar-refractivity contribution in [2.24, 2.45) is 5.41 Å². The standard InChI is InChI=1S/C11H19N3OS/c1-7(11(2,3)4)13-9(15)5-8-6-16-10(12)14-8/h6-7H,5H2,1-4H3,(H2,12,14)(H,13,15). The third-order valence-corrected chi connectivity index (χ3v) is 3.31. The minimum absolute atomic E-state index is 0.00674. The molecule has 0 saturated carbocycles. The highest BCUT2D eigenvalue weighted by atomic mass is 32.1. The first kappa shape index (κ1) is 13.0. The Labute approximate surface area is 100 Å². The van der Waals surface area contributed by atoms with Crippen LogP contribution in [0.3, 0.4) is 0 Å². The Kier molecular flexibility index (Phi) is 3.91. The molecule has 16 heavy (non-hydrogen) atoms. The number of anilines is 1. The van der Waals surface area contributed by atoms with E-state index in [9.17, 15) is 4.79 Å². The molecule has 0 aromatic carbocycles. The van der Waals surface area contributed by atoms with Crippen molar-refractivity contribution in [3.63, 3.8) is 0 Å². The molecule has 0 fully saturated rings. The number of rotatable bonds is 3. The number of aromatic nitrogens is 1. The molecule has 1 aromatic heterocycles. The SMILES string of the molecule is CC(NC(=O)Cc1csc(N)n1)C(C)(C)C. The second kappa shape index (κ2) is 4.82. The van der Waals surface area contributed by atoms with Crippen LogP contribution in [0.25, 0.3) is 0 Å². The van der Waals surface area contributed by atoms with Gasteiger partial charge in [-0.2, -0.15) is 0 Å². The molecule has 1 heterocycles. The minimum Gasteiger partial charge on any atom is -0.375 e. The molecule has 90 valence electrons. The first-order chi connectivity index (χ1) is 7.29. The number of nitrogens with two attached hydrogens (primary N) is 1. The molecule has 3 N–H and O–H groups in total. The number of nitrogen functional groups attached to an aromatic ring is 1. The van der Waals surface area contributed by atoms with Crippen molar-refractivity contribution >= 4 is 22.4 Å². The molecule has 0 aliphatic rings. The molecule has 5 heteroatoms. The summed E-state index contributed by atoms with van der Waals surface area (Å²) in [6.45, 7) is 8.30. The van der Waals surface area contributed by atoms with Gasteiger partial charge in [-0.25, -0.2) is 4.98 Å². The molecule has 1 unspecified atom stereocenters. The first-order valence-corrected chi connectivity index (χ1v) is 6.16.